The third-order valence-corrected chi connectivity index (χ3v) is 9.78. The number of pyridine rings is 1. The number of amides is 1. The summed E-state index contributed by atoms with van der Waals surface area (Å²) in [6, 6.07) is 12.1. The molecule has 1 amide bonds. The van der Waals surface area contributed by atoms with Crippen molar-refractivity contribution in [2.75, 3.05) is 31.6 Å². The van der Waals surface area contributed by atoms with Crippen LogP contribution in [0, 0.1) is 0 Å². The molecule has 0 spiro atoms. The molecule has 1 saturated carbocycles. The minimum Gasteiger partial charge on any atom is -0.379 e. The minimum atomic E-state index is -0.437. The number of imidazole rings is 1. The maximum Gasteiger partial charge on any atom is 0.242 e. The van der Waals surface area contributed by atoms with Crippen LogP contribution in [-0.2, 0) is 16.1 Å². The number of para-hydroxylation sites is 1. The Morgan fingerprint density at radius 2 is 2.11 bits per heavy atom. The number of aromatic nitrogens is 3. The molecule has 0 radical (unpaired) electrons. The number of thioether (sulfide) groups is 1. The normalized spacial score (nSPS) is 25.7. The van der Waals surface area contributed by atoms with Crippen LogP contribution in [-0.4, -0.2) is 62.3 Å². The van der Waals surface area contributed by atoms with E-state index in [1.807, 2.05) is 36.5 Å². The molecule has 1 aromatic carbocycles. The Morgan fingerprint density at radius 3 is 2.97 bits per heavy atom. The number of morpholine rings is 1. The number of carbonyl (C=O) groups excluding carboxylic acids is 1. The molecule has 4 aromatic rings. The smallest absolute Gasteiger partial charge is 0.242 e. The van der Waals surface area contributed by atoms with E-state index in [4.69, 9.17) is 9.72 Å². The van der Waals surface area contributed by atoms with E-state index in [1.165, 1.54) is 5.69 Å². The maximum atomic E-state index is 13.5. The average Bonchev–Trinajstić information content (AvgIpc) is 3.20. The summed E-state index contributed by atoms with van der Waals surface area (Å²) in [5.41, 5.74) is 4.94. The lowest BCUT2D eigenvalue weighted by molar-refractivity contribution is -0.116. The van der Waals surface area contributed by atoms with E-state index in [0.29, 0.717) is 0 Å². The van der Waals surface area contributed by atoms with E-state index < -0.39 is 4.75 Å². The highest BCUT2D eigenvalue weighted by Gasteiger charge is 2.66. The van der Waals surface area contributed by atoms with Gasteiger partial charge in [0.05, 0.1) is 30.0 Å². The summed E-state index contributed by atoms with van der Waals surface area (Å²) in [6.45, 7) is 4.35. The number of rotatable bonds is 6. The van der Waals surface area contributed by atoms with Crippen LogP contribution in [0.15, 0.2) is 60.4 Å². The molecule has 3 fully saturated rings. The number of hydrogen-bond donors (Lipinski definition) is 2. The topological polar surface area (TPSA) is 83.8 Å². The fraction of sp³-hybridized carbons (Fsp3) is 0.346. The molecule has 2 aliphatic heterocycles. The van der Waals surface area contributed by atoms with Crippen LogP contribution in [0.5, 0.6) is 0 Å². The van der Waals surface area contributed by atoms with E-state index in [9.17, 15) is 4.79 Å². The first-order chi connectivity index (χ1) is 17.7. The number of benzene rings is 1. The Hall–Kier alpha value is -2.76. The first-order valence-electron chi connectivity index (χ1n) is 12.2. The number of nitrogens with zero attached hydrogens (tertiary/aromatic N) is 4. The lowest BCUT2D eigenvalue weighted by atomic mass is 10.1. The van der Waals surface area contributed by atoms with E-state index >= 15 is 0 Å². The summed E-state index contributed by atoms with van der Waals surface area (Å²) in [7, 11) is 0. The van der Waals surface area contributed by atoms with Crippen LogP contribution < -0.4 is 10.6 Å². The van der Waals surface area contributed by atoms with Gasteiger partial charge in [0.1, 0.15) is 4.75 Å². The van der Waals surface area contributed by atoms with E-state index in [0.717, 1.165) is 66.7 Å². The van der Waals surface area contributed by atoms with Crippen molar-refractivity contribution in [2.45, 2.75) is 29.1 Å². The Bertz CT molecular complexity index is 1420. The summed E-state index contributed by atoms with van der Waals surface area (Å²) < 4.78 is 7.23. The van der Waals surface area contributed by atoms with Gasteiger partial charge in [-0.15, -0.1) is 23.1 Å². The number of hydrogen-bond acceptors (Lipinski definition) is 8. The molecule has 3 aliphatic rings. The van der Waals surface area contributed by atoms with Gasteiger partial charge in [-0.3, -0.25) is 24.4 Å². The highest BCUT2D eigenvalue weighted by Crippen LogP contribution is 2.60. The summed E-state index contributed by atoms with van der Waals surface area (Å²) in [6.07, 6.45) is 6.58. The Kier molecular flexibility index (Phi) is 5.59. The predicted octanol–water partition coefficient (Wildman–Crippen LogP) is 3.77. The molecule has 5 heterocycles. The fourth-order valence-electron chi connectivity index (χ4n) is 5.10. The second kappa shape index (κ2) is 8.97. The van der Waals surface area contributed by atoms with Gasteiger partial charge in [0.25, 0.3) is 0 Å². The number of carbonyl (C=O) groups is 1. The van der Waals surface area contributed by atoms with Crippen LogP contribution in [0.4, 0.5) is 5.69 Å². The van der Waals surface area contributed by atoms with Crippen molar-refractivity contribution in [3.63, 3.8) is 0 Å². The molecule has 10 heteroatoms. The summed E-state index contributed by atoms with van der Waals surface area (Å²) in [5.74, 6) is 0.0536. The Labute approximate surface area is 217 Å². The molecule has 36 heavy (non-hydrogen) atoms. The quantitative estimate of drug-likeness (QED) is 0.402. The van der Waals surface area contributed by atoms with Crippen molar-refractivity contribution < 1.29 is 9.53 Å². The van der Waals surface area contributed by atoms with Gasteiger partial charge in [-0.1, -0.05) is 24.3 Å². The van der Waals surface area contributed by atoms with Crippen molar-refractivity contribution in [1.82, 2.24) is 24.6 Å². The van der Waals surface area contributed by atoms with Crippen LogP contribution in [0.25, 0.3) is 16.2 Å². The fourth-order valence-corrected chi connectivity index (χ4v) is 7.55. The molecular weight excluding hydrogens is 492 g/mol. The largest absolute Gasteiger partial charge is 0.379 e. The molecule has 8 nitrogen and oxygen atoms in total. The van der Waals surface area contributed by atoms with Gasteiger partial charge in [-0.05, 0) is 24.1 Å². The van der Waals surface area contributed by atoms with Crippen LogP contribution >= 0.6 is 23.1 Å². The monoisotopic (exact) mass is 518 g/mol. The average molecular weight is 519 g/mol. The molecule has 3 aromatic heterocycles. The molecule has 184 valence electrons. The van der Waals surface area contributed by atoms with Gasteiger partial charge in [-0.25, -0.2) is 4.98 Å². The highest BCUT2D eigenvalue weighted by molar-refractivity contribution is 8.02. The molecule has 3 unspecified atom stereocenters. The van der Waals surface area contributed by atoms with E-state index in [1.54, 1.807) is 29.3 Å². The number of ether oxygens (including phenoxy) is 1. The van der Waals surface area contributed by atoms with Gasteiger partial charge >= 0.3 is 0 Å². The van der Waals surface area contributed by atoms with Crippen LogP contribution in [0.3, 0.4) is 0 Å². The minimum absolute atomic E-state index is 0.0536. The zero-order valence-corrected chi connectivity index (χ0v) is 21.2. The van der Waals surface area contributed by atoms with E-state index in [2.05, 4.69) is 42.6 Å². The van der Waals surface area contributed by atoms with Gasteiger partial charge in [0.15, 0.2) is 4.96 Å². The molecule has 3 atom stereocenters. The van der Waals surface area contributed by atoms with Gasteiger partial charge in [-0.2, -0.15) is 0 Å². The van der Waals surface area contributed by atoms with Gasteiger partial charge in [0, 0.05) is 60.9 Å². The number of anilines is 1. The molecule has 7 rings (SSSR count). The molecule has 1 aliphatic carbocycles. The van der Waals surface area contributed by atoms with Crippen LogP contribution in [0.1, 0.15) is 23.1 Å². The van der Waals surface area contributed by atoms with Crippen molar-refractivity contribution in [3.05, 3.63) is 71.6 Å². The molecule has 2 saturated heterocycles. The first kappa shape index (κ1) is 22.4. The first-order valence-corrected chi connectivity index (χ1v) is 14.0. The Balaban J connectivity index is 1.11. The van der Waals surface area contributed by atoms with Gasteiger partial charge in [0.2, 0.25) is 5.91 Å². The number of thiazole rings is 1. The third-order valence-electron chi connectivity index (χ3n) is 7.19. The SMILES string of the molecule is O=C(Nc1ccccc1-c1cn2c(CN3CCOCC3)csc2n1)C12CC1NC(c1cccnc1)S2. The van der Waals surface area contributed by atoms with Crippen molar-refractivity contribution in [2.24, 2.45) is 0 Å². The third kappa shape index (κ3) is 3.93. The zero-order chi connectivity index (χ0) is 24.1. The summed E-state index contributed by atoms with van der Waals surface area (Å²) in [5, 5.41) is 9.10. The number of fused-ring (bicyclic) bond motifs is 2. The van der Waals surface area contributed by atoms with Gasteiger partial charge < -0.3 is 10.1 Å². The molecular formula is C26H26N6O2S2. The molecule has 0 bridgehead atoms. The molecule has 2 N–H and O–H groups in total. The van der Waals surface area contributed by atoms with Crippen molar-refractivity contribution in [1.29, 1.82) is 0 Å². The van der Waals surface area contributed by atoms with Crippen LogP contribution in [0.2, 0.25) is 0 Å². The number of nitrogens with one attached hydrogen (secondary N) is 2. The summed E-state index contributed by atoms with van der Waals surface area (Å²) >= 11 is 3.35. The predicted molar refractivity (Wildman–Crippen MR) is 142 cm³/mol. The van der Waals surface area contributed by atoms with Crippen molar-refractivity contribution in [3.8, 4) is 11.3 Å². The summed E-state index contributed by atoms with van der Waals surface area (Å²) in [4.78, 5) is 26.0. The van der Waals surface area contributed by atoms with Crippen molar-refractivity contribution >= 4 is 39.7 Å². The maximum absolute atomic E-state index is 13.5. The second-order valence-electron chi connectivity index (χ2n) is 9.49. The standard InChI is InChI=1S/C26H26N6O2S2/c33-24(26-12-22(26)30-23(36-26)17-4-3-7-27-13-17)28-20-6-2-1-5-19(20)21-15-32-18(16-35-25(32)29-21)14-31-8-10-34-11-9-31/h1-7,13,15-16,22-23,30H,8-12,14H2,(H,28,33). The highest BCUT2D eigenvalue weighted by atomic mass is 32.2. The second-order valence-corrected chi connectivity index (χ2v) is 11.8. The lowest BCUT2D eigenvalue weighted by Gasteiger charge is -2.26. The lowest BCUT2D eigenvalue weighted by Crippen LogP contribution is -2.35. The zero-order valence-electron chi connectivity index (χ0n) is 19.6. The van der Waals surface area contributed by atoms with E-state index in [-0.39, 0.29) is 17.3 Å². The Morgan fingerprint density at radius 1 is 1.22 bits per heavy atom.